The van der Waals surface area contributed by atoms with E-state index in [4.69, 9.17) is 10.0 Å². The van der Waals surface area contributed by atoms with Crippen molar-refractivity contribution in [2.45, 2.75) is 6.43 Å². The van der Waals surface area contributed by atoms with E-state index in [1.54, 1.807) is 0 Å². The molecule has 2 N–H and O–H groups in total. The first kappa shape index (κ1) is 9.16. The molecule has 0 heterocycles. The third-order valence-electron chi connectivity index (χ3n) is 1.49. The van der Waals surface area contributed by atoms with Gasteiger partial charge in [0.2, 0.25) is 0 Å². The van der Waals surface area contributed by atoms with Gasteiger partial charge in [-0.05, 0) is 5.46 Å². The standard InChI is InChI=1S/C7H7BF2O2/c9-7(10)5-1-3-6(4-2-5)8(11)12/h1-4,7,11-12H. The van der Waals surface area contributed by atoms with Gasteiger partial charge in [-0.25, -0.2) is 8.78 Å². The Hall–Kier alpha value is -0.935. The minimum absolute atomic E-state index is 0.126. The fourth-order valence-corrected chi connectivity index (χ4v) is 0.814. The molecule has 0 unspecified atom stereocenters. The fraction of sp³-hybridized carbons (Fsp3) is 0.143. The van der Waals surface area contributed by atoms with E-state index < -0.39 is 13.5 Å². The molecule has 0 atom stereocenters. The Labute approximate surface area is 68.6 Å². The van der Waals surface area contributed by atoms with Crippen molar-refractivity contribution < 1.29 is 18.8 Å². The van der Waals surface area contributed by atoms with Gasteiger partial charge in [-0.3, -0.25) is 0 Å². The maximum absolute atomic E-state index is 12.0. The highest BCUT2D eigenvalue weighted by molar-refractivity contribution is 6.58. The van der Waals surface area contributed by atoms with Crippen LogP contribution in [0.2, 0.25) is 0 Å². The van der Waals surface area contributed by atoms with Crippen LogP contribution in [-0.2, 0) is 0 Å². The second-order valence-electron chi connectivity index (χ2n) is 2.34. The first-order chi connectivity index (χ1) is 5.61. The molecule has 1 aromatic carbocycles. The maximum atomic E-state index is 12.0. The van der Waals surface area contributed by atoms with E-state index in [0.717, 1.165) is 0 Å². The molecule has 64 valence electrons. The summed E-state index contributed by atoms with van der Waals surface area (Å²) in [6.45, 7) is 0. The number of alkyl halides is 2. The van der Waals surface area contributed by atoms with Gasteiger partial charge >= 0.3 is 7.12 Å². The zero-order chi connectivity index (χ0) is 9.14. The molecular weight excluding hydrogens is 165 g/mol. The third kappa shape index (κ3) is 2.02. The highest BCUT2D eigenvalue weighted by Crippen LogP contribution is 2.16. The Morgan fingerprint density at radius 2 is 1.58 bits per heavy atom. The molecule has 0 spiro atoms. The summed E-state index contributed by atoms with van der Waals surface area (Å²) in [5.74, 6) is 0. The summed E-state index contributed by atoms with van der Waals surface area (Å²) in [5, 5.41) is 17.2. The largest absolute Gasteiger partial charge is 0.488 e. The number of hydrogen-bond donors (Lipinski definition) is 2. The van der Waals surface area contributed by atoms with Gasteiger partial charge in [0.1, 0.15) is 0 Å². The SMILES string of the molecule is OB(O)c1ccc(C(F)F)cc1. The summed E-state index contributed by atoms with van der Waals surface area (Å²) >= 11 is 0. The van der Waals surface area contributed by atoms with Crippen LogP contribution in [0, 0.1) is 0 Å². The van der Waals surface area contributed by atoms with Gasteiger partial charge in [-0.15, -0.1) is 0 Å². The van der Waals surface area contributed by atoms with Crippen LogP contribution in [0.1, 0.15) is 12.0 Å². The lowest BCUT2D eigenvalue weighted by atomic mass is 9.80. The van der Waals surface area contributed by atoms with Gasteiger partial charge in [-0.1, -0.05) is 24.3 Å². The molecule has 0 fully saturated rings. The predicted molar refractivity (Wildman–Crippen MR) is 41.2 cm³/mol. The monoisotopic (exact) mass is 172 g/mol. The normalized spacial score (nSPS) is 10.4. The lowest BCUT2D eigenvalue weighted by molar-refractivity contribution is 0.151. The Kier molecular flexibility index (Phi) is 2.78. The zero-order valence-corrected chi connectivity index (χ0v) is 6.11. The molecule has 0 radical (unpaired) electrons. The highest BCUT2D eigenvalue weighted by atomic mass is 19.3. The maximum Gasteiger partial charge on any atom is 0.488 e. The molecule has 2 nitrogen and oxygen atoms in total. The molecule has 5 heteroatoms. The van der Waals surface area contributed by atoms with Crippen LogP contribution in [0.15, 0.2) is 24.3 Å². The summed E-state index contributed by atoms with van der Waals surface area (Å²) < 4.78 is 23.9. The van der Waals surface area contributed by atoms with E-state index in [9.17, 15) is 8.78 Å². The van der Waals surface area contributed by atoms with E-state index in [-0.39, 0.29) is 11.0 Å². The van der Waals surface area contributed by atoms with Crippen molar-refractivity contribution in [2.24, 2.45) is 0 Å². The average molecular weight is 172 g/mol. The summed E-state index contributed by atoms with van der Waals surface area (Å²) in [7, 11) is -1.60. The van der Waals surface area contributed by atoms with Crippen molar-refractivity contribution in [1.82, 2.24) is 0 Å². The number of rotatable bonds is 2. The molecule has 0 bridgehead atoms. The average Bonchev–Trinajstić information content (AvgIpc) is 2.04. The summed E-state index contributed by atoms with van der Waals surface area (Å²) in [4.78, 5) is 0. The summed E-state index contributed by atoms with van der Waals surface area (Å²) in [5.41, 5.74) is 0.0822. The number of benzene rings is 1. The summed E-state index contributed by atoms with van der Waals surface area (Å²) in [6.07, 6.45) is -2.52. The van der Waals surface area contributed by atoms with Crippen LogP contribution in [-0.4, -0.2) is 17.2 Å². The molecule has 0 amide bonds. The van der Waals surface area contributed by atoms with Crippen molar-refractivity contribution in [3.63, 3.8) is 0 Å². The van der Waals surface area contributed by atoms with Crippen molar-refractivity contribution in [3.8, 4) is 0 Å². The van der Waals surface area contributed by atoms with E-state index >= 15 is 0 Å². The molecule has 12 heavy (non-hydrogen) atoms. The molecular formula is C7H7BF2O2. The molecule has 0 saturated carbocycles. The summed E-state index contributed by atoms with van der Waals surface area (Å²) in [6, 6.07) is 4.84. The van der Waals surface area contributed by atoms with E-state index in [1.807, 2.05) is 0 Å². The predicted octanol–water partition coefficient (Wildman–Crippen LogP) is 0.304. The van der Waals surface area contributed by atoms with Crippen molar-refractivity contribution >= 4 is 12.6 Å². The molecule has 0 saturated heterocycles. The van der Waals surface area contributed by atoms with Gasteiger partial charge in [0.25, 0.3) is 6.43 Å². The number of halogens is 2. The van der Waals surface area contributed by atoms with Crippen LogP contribution in [0.5, 0.6) is 0 Å². The van der Waals surface area contributed by atoms with E-state index in [2.05, 4.69) is 0 Å². The van der Waals surface area contributed by atoms with Crippen molar-refractivity contribution in [2.75, 3.05) is 0 Å². The smallest absolute Gasteiger partial charge is 0.423 e. The molecule has 1 rings (SSSR count). The zero-order valence-electron chi connectivity index (χ0n) is 6.11. The Balaban J connectivity index is 2.86. The highest BCUT2D eigenvalue weighted by Gasteiger charge is 2.12. The topological polar surface area (TPSA) is 40.5 Å². The van der Waals surface area contributed by atoms with Crippen LogP contribution in [0.25, 0.3) is 0 Å². The van der Waals surface area contributed by atoms with Crippen LogP contribution < -0.4 is 5.46 Å². The van der Waals surface area contributed by atoms with Gasteiger partial charge in [0.15, 0.2) is 0 Å². The Morgan fingerprint density at radius 1 is 1.08 bits per heavy atom. The number of hydrogen-bond acceptors (Lipinski definition) is 2. The quantitative estimate of drug-likeness (QED) is 0.630. The molecule has 0 aliphatic rings. The Morgan fingerprint density at radius 3 is 1.92 bits per heavy atom. The fourth-order valence-electron chi connectivity index (χ4n) is 0.814. The minimum Gasteiger partial charge on any atom is -0.423 e. The van der Waals surface area contributed by atoms with Crippen molar-refractivity contribution in [3.05, 3.63) is 29.8 Å². The van der Waals surface area contributed by atoms with Crippen LogP contribution in [0.3, 0.4) is 0 Å². The molecule has 1 aromatic rings. The second-order valence-corrected chi connectivity index (χ2v) is 2.34. The molecule has 0 aliphatic heterocycles. The second kappa shape index (κ2) is 3.64. The van der Waals surface area contributed by atoms with Crippen molar-refractivity contribution in [1.29, 1.82) is 0 Å². The minimum atomic E-state index is -2.52. The van der Waals surface area contributed by atoms with Crippen LogP contribution in [0.4, 0.5) is 8.78 Å². The van der Waals surface area contributed by atoms with Gasteiger partial charge in [-0.2, -0.15) is 0 Å². The lowest BCUT2D eigenvalue weighted by Gasteiger charge is -2.01. The third-order valence-corrected chi connectivity index (χ3v) is 1.49. The first-order valence-corrected chi connectivity index (χ1v) is 3.35. The lowest BCUT2D eigenvalue weighted by Crippen LogP contribution is -2.29. The van der Waals surface area contributed by atoms with Gasteiger partial charge in [0, 0.05) is 5.56 Å². The Bertz CT molecular complexity index is 221. The molecule has 0 aliphatic carbocycles. The molecule has 0 aromatic heterocycles. The van der Waals surface area contributed by atoms with Crippen LogP contribution >= 0.6 is 0 Å². The van der Waals surface area contributed by atoms with Gasteiger partial charge in [0.05, 0.1) is 0 Å². The van der Waals surface area contributed by atoms with E-state index in [0.29, 0.717) is 0 Å². The first-order valence-electron chi connectivity index (χ1n) is 3.35. The van der Waals surface area contributed by atoms with E-state index in [1.165, 1.54) is 24.3 Å². The van der Waals surface area contributed by atoms with Gasteiger partial charge < -0.3 is 10.0 Å².